The van der Waals surface area contributed by atoms with Gasteiger partial charge < -0.3 is 0 Å². The van der Waals surface area contributed by atoms with Gasteiger partial charge in [-0.25, -0.2) is 0 Å². The summed E-state index contributed by atoms with van der Waals surface area (Å²) in [5.74, 6) is 2.09. The third-order valence-corrected chi connectivity index (χ3v) is 3.90. The minimum atomic E-state index is 0.316. The zero-order valence-electron chi connectivity index (χ0n) is 8.86. The van der Waals surface area contributed by atoms with Gasteiger partial charge in [0, 0.05) is 11.8 Å². The van der Waals surface area contributed by atoms with Crippen LogP contribution in [0.5, 0.6) is 0 Å². The Bertz CT molecular complexity index is 368. The maximum absolute atomic E-state index is 12.0. The van der Waals surface area contributed by atoms with E-state index >= 15 is 0 Å². The highest BCUT2D eigenvalue weighted by Gasteiger charge is 2.48. The van der Waals surface area contributed by atoms with Crippen LogP contribution in [0.3, 0.4) is 0 Å². The average Bonchev–Trinajstić information content (AvgIpc) is 3.04. The van der Waals surface area contributed by atoms with Crippen LogP contribution in [-0.2, 0) is 11.2 Å². The number of carbonyl (C=O) groups is 1. The van der Waals surface area contributed by atoms with Crippen molar-refractivity contribution in [2.75, 3.05) is 0 Å². The Balaban J connectivity index is 1.70. The monoisotopic (exact) mass is 200 g/mol. The van der Waals surface area contributed by atoms with Gasteiger partial charge in [-0.3, -0.25) is 4.79 Å². The molecule has 1 aromatic rings. The highest BCUT2D eigenvalue weighted by atomic mass is 16.1. The zero-order valence-corrected chi connectivity index (χ0v) is 8.86. The molecule has 0 N–H and O–H groups in total. The second kappa shape index (κ2) is 3.48. The van der Waals surface area contributed by atoms with Crippen molar-refractivity contribution in [3.63, 3.8) is 0 Å². The molecule has 0 aromatic heterocycles. The van der Waals surface area contributed by atoms with E-state index in [1.807, 2.05) is 6.07 Å². The van der Waals surface area contributed by atoms with E-state index in [1.165, 1.54) is 18.4 Å². The van der Waals surface area contributed by atoms with Gasteiger partial charge >= 0.3 is 0 Å². The van der Waals surface area contributed by atoms with E-state index in [0.29, 0.717) is 17.6 Å². The first-order valence-electron chi connectivity index (χ1n) is 5.92. The largest absolute Gasteiger partial charge is 0.299 e. The Morgan fingerprint density at radius 1 is 1.13 bits per heavy atom. The summed E-state index contributed by atoms with van der Waals surface area (Å²) in [6.45, 7) is 0. The van der Waals surface area contributed by atoms with Crippen molar-refractivity contribution in [1.82, 2.24) is 0 Å². The molecule has 0 spiro atoms. The van der Waals surface area contributed by atoms with Gasteiger partial charge in [-0.15, -0.1) is 0 Å². The lowest BCUT2D eigenvalue weighted by molar-refractivity contribution is -0.125. The molecule has 0 saturated heterocycles. The van der Waals surface area contributed by atoms with E-state index in [0.717, 1.165) is 18.8 Å². The molecule has 1 aromatic carbocycles. The molecule has 1 heteroatoms. The van der Waals surface area contributed by atoms with Gasteiger partial charge in [0.2, 0.25) is 0 Å². The molecule has 0 unspecified atom stereocenters. The predicted molar refractivity (Wildman–Crippen MR) is 59.5 cm³/mol. The van der Waals surface area contributed by atoms with Crippen molar-refractivity contribution >= 4 is 5.78 Å². The Morgan fingerprint density at radius 2 is 1.93 bits per heavy atom. The van der Waals surface area contributed by atoms with E-state index < -0.39 is 0 Å². The Kier molecular flexibility index (Phi) is 2.12. The first kappa shape index (κ1) is 9.14. The van der Waals surface area contributed by atoms with Gasteiger partial charge in [0.1, 0.15) is 5.78 Å². The molecule has 78 valence electrons. The van der Waals surface area contributed by atoms with Crippen LogP contribution in [0.2, 0.25) is 0 Å². The molecule has 0 aliphatic heterocycles. The Hall–Kier alpha value is -1.11. The average molecular weight is 200 g/mol. The van der Waals surface area contributed by atoms with E-state index in [1.54, 1.807) is 0 Å². The van der Waals surface area contributed by atoms with E-state index in [9.17, 15) is 4.79 Å². The minimum Gasteiger partial charge on any atom is -0.299 e. The molecule has 2 saturated carbocycles. The van der Waals surface area contributed by atoms with Crippen molar-refractivity contribution < 1.29 is 4.79 Å². The molecule has 15 heavy (non-hydrogen) atoms. The third-order valence-electron chi connectivity index (χ3n) is 3.90. The normalized spacial score (nSPS) is 33.6. The van der Waals surface area contributed by atoms with Crippen molar-refractivity contribution in [2.45, 2.75) is 25.7 Å². The molecule has 0 radical (unpaired) electrons. The summed E-state index contributed by atoms with van der Waals surface area (Å²) < 4.78 is 0. The molecule has 3 atom stereocenters. The van der Waals surface area contributed by atoms with E-state index in [2.05, 4.69) is 24.3 Å². The lowest BCUT2D eigenvalue weighted by Crippen LogP contribution is -2.23. The van der Waals surface area contributed by atoms with Gasteiger partial charge in [-0.1, -0.05) is 30.3 Å². The summed E-state index contributed by atoms with van der Waals surface area (Å²) in [4.78, 5) is 12.0. The minimum absolute atomic E-state index is 0.316. The molecule has 0 heterocycles. The standard InChI is InChI=1S/C14H16O/c15-14-12(7-6-11-9-13(11)14)8-10-4-2-1-3-5-10/h1-5,11-13H,6-9H2/t11-,12-,13+/m1/s1. The number of hydrogen-bond donors (Lipinski definition) is 0. The first-order valence-corrected chi connectivity index (χ1v) is 5.92. The summed E-state index contributed by atoms with van der Waals surface area (Å²) in [5, 5.41) is 0. The van der Waals surface area contributed by atoms with Gasteiger partial charge in [0.15, 0.2) is 0 Å². The van der Waals surface area contributed by atoms with Crippen molar-refractivity contribution in [2.24, 2.45) is 17.8 Å². The lowest BCUT2D eigenvalue weighted by Gasteiger charge is -2.19. The van der Waals surface area contributed by atoms with Crippen LogP contribution in [0.25, 0.3) is 0 Å². The van der Waals surface area contributed by atoms with Crippen molar-refractivity contribution in [3.8, 4) is 0 Å². The van der Waals surface area contributed by atoms with E-state index in [4.69, 9.17) is 0 Å². The van der Waals surface area contributed by atoms with Crippen LogP contribution in [0.1, 0.15) is 24.8 Å². The van der Waals surface area contributed by atoms with Gasteiger partial charge in [-0.05, 0) is 37.2 Å². The van der Waals surface area contributed by atoms with Gasteiger partial charge in [0.05, 0.1) is 0 Å². The maximum atomic E-state index is 12.0. The number of hydrogen-bond acceptors (Lipinski definition) is 1. The molecule has 2 aliphatic rings. The number of fused-ring (bicyclic) bond motifs is 1. The topological polar surface area (TPSA) is 17.1 Å². The number of carbonyl (C=O) groups excluding carboxylic acids is 1. The number of benzene rings is 1. The second-order valence-electron chi connectivity index (χ2n) is 4.97. The van der Waals surface area contributed by atoms with Crippen molar-refractivity contribution in [3.05, 3.63) is 35.9 Å². The van der Waals surface area contributed by atoms with Crippen LogP contribution < -0.4 is 0 Å². The molecular formula is C14H16O. The lowest BCUT2D eigenvalue weighted by atomic mass is 9.84. The molecule has 1 nitrogen and oxygen atoms in total. The molecular weight excluding hydrogens is 184 g/mol. The first-order chi connectivity index (χ1) is 7.34. The summed E-state index contributed by atoms with van der Waals surface area (Å²) in [6, 6.07) is 10.4. The van der Waals surface area contributed by atoms with Crippen LogP contribution >= 0.6 is 0 Å². The molecule has 0 bridgehead atoms. The predicted octanol–water partition coefficient (Wildman–Crippen LogP) is 2.84. The molecule has 0 amide bonds. The number of rotatable bonds is 2. The smallest absolute Gasteiger partial charge is 0.139 e. The number of Topliss-reactive ketones (excluding diaryl/α,β-unsaturated/α-hetero) is 1. The summed E-state index contributed by atoms with van der Waals surface area (Å²) in [5.41, 5.74) is 1.31. The quantitative estimate of drug-likeness (QED) is 0.717. The second-order valence-corrected chi connectivity index (χ2v) is 4.97. The van der Waals surface area contributed by atoms with Gasteiger partial charge in [0.25, 0.3) is 0 Å². The van der Waals surface area contributed by atoms with Crippen LogP contribution in [-0.4, -0.2) is 5.78 Å². The van der Waals surface area contributed by atoms with Crippen LogP contribution in [0.4, 0.5) is 0 Å². The van der Waals surface area contributed by atoms with Gasteiger partial charge in [-0.2, -0.15) is 0 Å². The maximum Gasteiger partial charge on any atom is 0.139 e. The molecule has 2 aliphatic carbocycles. The Labute approximate surface area is 90.5 Å². The number of ketones is 1. The highest BCUT2D eigenvalue weighted by molar-refractivity contribution is 5.87. The fourth-order valence-electron chi connectivity index (χ4n) is 2.88. The van der Waals surface area contributed by atoms with E-state index in [-0.39, 0.29) is 0 Å². The fraction of sp³-hybridized carbons (Fsp3) is 0.500. The third kappa shape index (κ3) is 1.71. The highest BCUT2D eigenvalue weighted by Crippen LogP contribution is 2.49. The SMILES string of the molecule is O=C1[C@@H](Cc2ccccc2)CC[C@@H]2C[C@H]12. The fourth-order valence-corrected chi connectivity index (χ4v) is 2.88. The van der Waals surface area contributed by atoms with Crippen LogP contribution in [0, 0.1) is 17.8 Å². The zero-order chi connectivity index (χ0) is 10.3. The molecule has 3 rings (SSSR count). The Morgan fingerprint density at radius 3 is 2.73 bits per heavy atom. The molecule has 2 fully saturated rings. The summed E-state index contributed by atoms with van der Waals surface area (Å²) in [7, 11) is 0. The summed E-state index contributed by atoms with van der Waals surface area (Å²) in [6.07, 6.45) is 4.55. The van der Waals surface area contributed by atoms with Crippen molar-refractivity contribution in [1.29, 1.82) is 0 Å². The summed E-state index contributed by atoms with van der Waals surface area (Å²) >= 11 is 0. The van der Waals surface area contributed by atoms with Crippen LogP contribution in [0.15, 0.2) is 30.3 Å².